The van der Waals surface area contributed by atoms with E-state index < -0.39 is 193 Å². The third kappa shape index (κ3) is 28.7. The van der Waals surface area contributed by atoms with E-state index in [1.54, 1.807) is 74.8 Å². The molecular formula is C80H119N23O18S. The number of fused-ring (bicyclic) bond motifs is 2. The molecule has 6 rings (SSSR count). The van der Waals surface area contributed by atoms with Crippen LogP contribution in [0.2, 0.25) is 0 Å². The molecule has 0 unspecified atom stereocenters. The Morgan fingerprint density at radius 2 is 1.13 bits per heavy atom. The number of hydrogen-bond donors (Lipinski definition) is 19. The number of thiol groups is 1. The van der Waals surface area contributed by atoms with Crippen LogP contribution in [0, 0.1) is 11.3 Å². The molecule has 0 aliphatic carbocycles. The van der Waals surface area contributed by atoms with Gasteiger partial charge in [0.05, 0.1) is 39.6 Å². The second-order valence-electron chi connectivity index (χ2n) is 30.6. The summed E-state index contributed by atoms with van der Waals surface area (Å²) in [6.45, 7) is 6.39. The van der Waals surface area contributed by atoms with Gasteiger partial charge in [0.1, 0.15) is 72.5 Å². The SMILES string of the molecule is CCCC[C@@H](C(=O)N(C)[C@@H](CCCC)C(=O)N[C@@H](CCCNC(=N)N)C(=O)N[C@@H](CS)C(=O)NCC(N)=O)N(C)C(=O)[C@H](Cc1c[nH]c2ccccc12)NC(=O)[C@H](CO)NC(=O)[C@H](Cc1c[nH]c2ccccc12)NC(=O)CN(C)C(=O)[C@H](CC(C)C)NC(=O)[C@H](Cc1cnc[nH]1)NC(=O)[C@@H]1CCCN1C(=O)[C@H](CC(N)=O)NC(=O)[C@H](C)N(C)C(=O)OC. The number of aromatic amines is 3. The summed E-state index contributed by atoms with van der Waals surface area (Å²) in [5.41, 5.74) is 19.0. The molecule has 1 aliphatic rings. The van der Waals surface area contributed by atoms with Crippen molar-refractivity contribution in [3.8, 4) is 0 Å². The molecule has 41 nitrogen and oxygen atoms in total. The molecular weight excluding hydrogens is 1600 g/mol. The second-order valence-corrected chi connectivity index (χ2v) is 31.0. The lowest BCUT2D eigenvalue weighted by Gasteiger charge is -2.36. The van der Waals surface area contributed by atoms with Crippen molar-refractivity contribution in [3.05, 3.63) is 90.3 Å². The zero-order chi connectivity index (χ0) is 90.2. The van der Waals surface area contributed by atoms with Crippen LogP contribution in [0.1, 0.15) is 128 Å². The van der Waals surface area contributed by atoms with E-state index in [9.17, 15) is 67.4 Å². The van der Waals surface area contributed by atoms with Crippen molar-refractivity contribution in [1.29, 1.82) is 5.41 Å². The summed E-state index contributed by atoms with van der Waals surface area (Å²) in [6.07, 6.45) is 6.24. The zero-order valence-corrected chi connectivity index (χ0v) is 71.4. The average molecular weight is 1720 g/mol. The van der Waals surface area contributed by atoms with Crippen molar-refractivity contribution in [3.63, 3.8) is 0 Å². The summed E-state index contributed by atoms with van der Waals surface area (Å²) < 4.78 is 4.70. The van der Waals surface area contributed by atoms with Crippen LogP contribution < -0.4 is 70.4 Å². The van der Waals surface area contributed by atoms with E-state index in [1.165, 1.54) is 52.5 Å². The van der Waals surface area contributed by atoms with Crippen LogP contribution in [0.25, 0.3) is 21.8 Å². The number of nitrogens with one attached hydrogen (secondary N) is 14. The zero-order valence-electron chi connectivity index (χ0n) is 70.5. The number of hydrogen-bond acceptors (Lipinski definition) is 21. The predicted octanol–water partition coefficient (Wildman–Crippen LogP) is -2.44. The maximum Gasteiger partial charge on any atom is 0.409 e. The number of guanidine groups is 1. The molecule has 21 N–H and O–H groups in total. The Morgan fingerprint density at radius 1 is 0.590 bits per heavy atom. The Morgan fingerprint density at radius 3 is 1.69 bits per heavy atom. The van der Waals surface area contributed by atoms with E-state index in [4.69, 9.17) is 27.3 Å². The number of likely N-dealkylation sites (tertiary alicyclic amines) is 1. The minimum Gasteiger partial charge on any atom is -0.453 e. The first-order valence-electron chi connectivity index (χ1n) is 40.5. The molecule has 42 heteroatoms. The van der Waals surface area contributed by atoms with Gasteiger partial charge in [-0.15, -0.1) is 0 Å². The number of rotatable bonds is 49. The van der Waals surface area contributed by atoms with Crippen LogP contribution >= 0.6 is 12.6 Å². The molecule has 3 aromatic heterocycles. The molecule has 0 bridgehead atoms. The fourth-order valence-corrected chi connectivity index (χ4v) is 14.4. The summed E-state index contributed by atoms with van der Waals surface area (Å²) in [4.78, 5) is 243. The Hall–Kier alpha value is -12.4. The van der Waals surface area contributed by atoms with Crippen molar-refractivity contribution in [2.45, 2.75) is 203 Å². The Balaban J connectivity index is 1.24. The van der Waals surface area contributed by atoms with E-state index in [0.717, 1.165) is 26.7 Å². The van der Waals surface area contributed by atoms with Crippen molar-refractivity contribution < 1.29 is 86.6 Å². The van der Waals surface area contributed by atoms with Crippen molar-refractivity contribution in [2.24, 2.45) is 23.1 Å². The Bertz CT molecular complexity index is 4480. The number of ether oxygens (including phenoxy) is 1. The molecule has 1 aliphatic heterocycles. The number of primary amides is 2. The van der Waals surface area contributed by atoms with Crippen LogP contribution in [-0.4, -0.2) is 297 Å². The van der Waals surface area contributed by atoms with Gasteiger partial charge in [0.25, 0.3) is 0 Å². The number of aliphatic hydroxyl groups is 1. The fourth-order valence-electron chi connectivity index (χ4n) is 14.1. The molecule has 0 saturated carbocycles. The number of carbonyl (C=O) groups excluding carboxylic acids is 16. The van der Waals surface area contributed by atoms with Gasteiger partial charge in [-0.2, -0.15) is 12.6 Å². The van der Waals surface area contributed by atoms with Gasteiger partial charge in [-0.1, -0.05) is 89.8 Å². The standard InChI is InChI=1S/C80H119N23O18S/c1-11-13-26-61(73(114)92-53(25-19-29-86-79(83)84)69(110)98-60(42-122)68(109)89-39-65(82)106)101(8)78(119)63(27-14-12-2)102(9)76(117)57(33-47-37-88-52-24-18-16-22-50(47)52)96-72(113)59(41-104)97-70(111)54(32-46-36-87-51-23-17-15-21-49(46)51)91-66(107)40-99(6)75(116)56(31-44(3)4)95-71(112)55(34-48-38-85-43-90-48)93-74(115)62-28-20-30-103(62)77(118)58(35-64(81)105)94-67(108)45(5)100(7)80(120)121-10/h15-18,21-24,36-38,43-45,53-63,87-88,104,122H,11-14,19-20,25-35,39-42H2,1-10H3,(H2,81,105)(H2,82,106)(H,85,90)(H,89,109)(H,91,107)(H,92,114)(H,93,115)(H,94,108)(H,95,112)(H,96,113)(H,97,111)(H,98,110)(H4,83,84,86)/t45-,53-,54-,55-,56-,57-,58-,59-,60-,61-,62-,63-/m0/s1. The lowest BCUT2D eigenvalue weighted by molar-refractivity contribution is -0.149. The molecule has 12 atom stereocenters. The highest BCUT2D eigenvalue weighted by atomic mass is 32.1. The van der Waals surface area contributed by atoms with Crippen LogP contribution in [0.15, 0.2) is 73.4 Å². The third-order valence-corrected chi connectivity index (χ3v) is 21.4. The fraction of sp³-hybridized carbons (Fsp3) is 0.550. The molecule has 122 heavy (non-hydrogen) atoms. The number of amides is 16. The molecule has 1 fully saturated rings. The monoisotopic (exact) mass is 1720 g/mol. The van der Waals surface area contributed by atoms with Gasteiger partial charge in [0.15, 0.2) is 5.96 Å². The lowest BCUT2D eigenvalue weighted by Crippen LogP contribution is -2.61. The van der Waals surface area contributed by atoms with E-state index in [-0.39, 0.29) is 94.9 Å². The largest absolute Gasteiger partial charge is 0.453 e. The number of carbonyl (C=O) groups is 16. The third-order valence-electron chi connectivity index (χ3n) is 21.0. The molecule has 2 aromatic carbocycles. The van der Waals surface area contributed by atoms with E-state index in [1.807, 2.05) is 13.8 Å². The number of aromatic nitrogens is 4. The van der Waals surface area contributed by atoms with Crippen LogP contribution in [0.5, 0.6) is 0 Å². The number of nitrogens with zero attached hydrogens (tertiary/aromatic N) is 6. The topological polar surface area (TPSA) is 601 Å². The number of imidazole rings is 1. The van der Waals surface area contributed by atoms with E-state index in [0.29, 0.717) is 64.3 Å². The van der Waals surface area contributed by atoms with Crippen molar-refractivity contribution >= 4 is 135 Å². The quantitative estimate of drug-likeness (QED) is 0.00832. The first-order valence-corrected chi connectivity index (χ1v) is 41.1. The molecule has 1 saturated heterocycles. The molecule has 5 aromatic rings. The molecule has 4 heterocycles. The van der Waals surface area contributed by atoms with Crippen molar-refractivity contribution in [1.82, 2.24) is 97.6 Å². The lowest BCUT2D eigenvalue weighted by atomic mass is 10.00. The van der Waals surface area contributed by atoms with Gasteiger partial charge in [0, 0.05) is 112 Å². The number of unbranched alkanes of at least 4 members (excludes halogenated alkanes) is 2. The number of nitrogens with two attached hydrogens (primary N) is 3. The van der Waals surface area contributed by atoms with Crippen LogP contribution in [0.4, 0.5) is 4.79 Å². The first kappa shape index (κ1) is 98.5. The predicted molar refractivity (Wildman–Crippen MR) is 451 cm³/mol. The number of likely N-dealkylation sites (N-methyl/N-ethyl adjacent to an activating group) is 4. The highest BCUT2D eigenvalue weighted by molar-refractivity contribution is 7.80. The maximum absolute atomic E-state index is 15.5. The highest BCUT2D eigenvalue weighted by Gasteiger charge is 2.43. The number of benzene rings is 2. The van der Waals surface area contributed by atoms with E-state index in [2.05, 4.69) is 85.7 Å². The molecule has 0 spiro atoms. The molecule has 668 valence electrons. The van der Waals surface area contributed by atoms with Gasteiger partial charge in [0.2, 0.25) is 88.6 Å². The minimum atomic E-state index is -1.84. The average Bonchev–Trinajstić information content (AvgIpc) is 1.54. The number of methoxy groups -OCH3 is 1. The smallest absolute Gasteiger partial charge is 0.409 e. The highest BCUT2D eigenvalue weighted by Crippen LogP contribution is 2.25. The van der Waals surface area contributed by atoms with Gasteiger partial charge in [-0.3, -0.25) is 82.2 Å². The summed E-state index contributed by atoms with van der Waals surface area (Å²) in [5.74, 6) is -13.7. The number of para-hydroxylation sites is 2. The van der Waals surface area contributed by atoms with Gasteiger partial charge >= 0.3 is 6.09 Å². The number of aliphatic hydroxyl groups excluding tert-OH is 1. The second kappa shape index (κ2) is 48.2. The van der Waals surface area contributed by atoms with E-state index >= 15 is 14.4 Å². The van der Waals surface area contributed by atoms with Crippen molar-refractivity contribution in [2.75, 3.05) is 73.8 Å². The molecule has 16 amide bonds. The van der Waals surface area contributed by atoms with Crippen LogP contribution in [0.3, 0.4) is 0 Å². The van der Waals surface area contributed by atoms with Gasteiger partial charge < -0.3 is 115 Å². The first-order chi connectivity index (χ1) is 58.0. The Labute approximate surface area is 712 Å². The minimum absolute atomic E-state index is 0.00788. The van der Waals surface area contributed by atoms with Gasteiger partial charge in [-0.25, -0.2) is 9.78 Å². The molecule has 0 radical (unpaired) electrons. The normalized spacial score (nSPS) is 15.2. The summed E-state index contributed by atoms with van der Waals surface area (Å²) in [5, 5.41) is 46.2. The van der Waals surface area contributed by atoms with Crippen LogP contribution in [-0.2, 0) is 95.9 Å². The number of H-pyrrole nitrogens is 3. The summed E-state index contributed by atoms with van der Waals surface area (Å²) in [7, 11) is 6.43. The summed E-state index contributed by atoms with van der Waals surface area (Å²) in [6, 6.07) is -2.77. The maximum atomic E-state index is 15.5. The summed E-state index contributed by atoms with van der Waals surface area (Å²) >= 11 is 4.21. The van der Waals surface area contributed by atoms with Gasteiger partial charge in [-0.05, 0) is 81.0 Å². The Kier molecular flexibility index (Phi) is 38.9.